The zero-order valence-corrected chi connectivity index (χ0v) is 12.1. The number of amides is 2. The molecule has 5 nitrogen and oxygen atoms in total. The van der Waals surface area contributed by atoms with Crippen LogP contribution in [0.1, 0.15) is 31.2 Å². The maximum absolute atomic E-state index is 12.2. The molecule has 1 aliphatic heterocycles. The molecule has 0 bridgehead atoms. The van der Waals surface area contributed by atoms with Crippen molar-refractivity contribution in [2.45, 2.75) is 31.7 Å². The van der Waals surface area contributed by atoms with Crippen molar-refractivity contribution in [3.05, 3.63) is 35.9 Å². The molecule has 2 fully saturated rings. The molecule has 0 aromatic heterocycles. The van der Waals surface area contributed by atoms with E-state index in [2.05, 4.69) is 17.4 Å². The highest BCUT2D eigenvalue weighted by molar-refractivity contribution is 5.79. The smallest absolute Gasteiger partial charge is 0.317 e. The number of likely N-dealkylation sites (tertiary alicyclic amines) is 1. The van der Waals surface area contributed by atoms with Crippen LogP contribution in [0.4, 0.5) is 4.79 Å². The van der Waals surface area contributed by atoms with E-state index in [9.17, 15) is 14.7 Å². The molecule has 1 aliphatic carbocycles. The van der Waals surface area contributed by atoms with Gasteiger partial charge in [-0.25, -0.2) is 4.79 Å². The Bertz CT molecular complexity index is 560. The van der Waals surface area contributed by atoms with Crippen LogP contribution in [-0.2, 0) is 4.79 Å². The number of urea groups is 1. The average Bonchev–Trinajstić information content (AvgIpc) is 3.11. The van der Waals surface area contributed by atoms with Crippen LogP contribution in [0.5, 0.6) is 0 Å². The van der Waals surface area contributed by atoms with Crippen molar-refractivity contribution >= 4 is 12.0 Å². The molecule has 1 saturated heterocycles. The van der Waals surface area contributed by atoms with Gasteiger partial charge in [0.1, 0.15) is 0 Å². The van der Waals surface area contributed by atoms with Crippen LogP contribution < -0.4 is 5.32 Å². The van der Waals surface area contributed by atoms with Crippen molar-refractivity contribution in [2.24, 2.45) is 5.41 Å². The SMILES string of the molecule is CC1(C(=O)O)CCN(C(=O)NC2CC2c2ccccc2)C1. The summed E-state index contributed by atoms with van der Waals surface area (Å²) in [4.78, 5) is 25.0. The predicted molar refractivity (Wildman–Crippen MR) is 78.1 cm³/mol. The maximum atomic E-state index is 12.2. The molecule has 1 saturated carbocycles. The number of carboxylic acid groups (broad SMARTS) is 1. The van der Waals surface area contributed by atoms with Gasteiger partial charge < -0.3 is 15.3 Å². The Morgan fingerprint density at radius 2 is 2.05 bits per heavy atom. The molecule has 0 spiro atoms. The number of rotatable bonds is 3. The lowest BCUT2D eigenvalue weighted by molar-refractivity contribution is -0.146. The van der Waals surface area contributed by atoms with Gasteiger partial charge in [-0.1, -0.05) is 30.3 Å². The number of carbonyl (C=O) groups excluding carboxylic acids is 1. The van der Waals surface area contributed by atoms with Gasteiger partial charge in [0, 0.05) is 25.0 Å². The standard InChI is InChI=1S/C16H20N2O3/c1-16(14(19)20)7-8-18(10-16)15(21)17-13-9-12(13)11-5-3-2-4-6-11/h2-6,12-13H,7-10H2,1H3,(H,17,21)(H,19,20). The Hall–Kier alpha value is -2.04. The molecule has 1 aromatic rings. The van der Waals surface area contributed by atoms with Crippen LogP contribution in [-0.4, -0.2) is 41.1 Å². The summed E-state index contributed by atoms with van der Waals surface area (Å²) >= 11 is 0. The fourth-order valence-electron chi connectivity index (χ4n) is 2.98. The van der Waals surface area contributed by atoms with Crippen LogP contribution in [0.2, 0.25) is 0 Å². The molecule has 3 rings (SSSR count). The number of benzene rings is 1. The molecule has 112 valence electrons. The second-order valence-electron chi connectivity index (χ2n) is 6.35. The molecule has 5 heteroatoms. The van der Waals surface area contributed by atoms with Gasteiger partial charge in [0.15, 0.2) is 0 Å². The van der Waals surface area contributed by atoms with Crippen molar-refractivity contribution in [3.8, 4) is 0 Å². The lowest BCUT2D eigenvalue weighted by atomic mass is 9.90. The molecule has 1 heterocycles. The van der Waals surface area contributed by atoms with Crippen LogP contribution in [0.3, 0.4) is 0 Å². The molecule has 21 heavy (non-hydrogen) atoms. The van der Waals surface area contributed by atoms with E-state index in [0.717, 1.165) is 6.42 Å². The summed E-state index contributed by atoms with van der Waals surface area (Å²) in [7, 11) is 0. The summed E-state index contributed by atoms with van der Waals surface area (Å²) in [5, 5.41) is 12.2. The first-order chi connectivity index (χ1) is 9.99. The summed E-state index contributed by atoms with van der Waals surface area (Å²) in [6.45, 7) is 2.50. The van der Waals surface area contributed by atoms with E-state index in [4.69, 9.17) is 0 Å². The molecule has 3 unspecified atom stereocenters. The quantitative estimate of drug-likeness (QED) is 0.894. The van der Waals surface area contributed by atoms with Gasteiger partial charge in [-0.2, -0.15) is 0 Å². The molecule has 0 radical (unpaired) electrons. The van der Waals surface area contributed by atoms with E-state index in [-0.39, 0.29) is 18.6 Å². The molecular weight excluding hydrogens is 268 g/mol. The highest BCUT2D eigenvalue weighted by atomic mass is 16.4. The number of aliphatic carboxylic acids is 1. The molecule has 2 amide bonds. The van der Waals surface area contributed by atoms with Gasteiger partial charge in [-0.15, -0.1) is 0 Å². The van der Waals surface area contributed by atoms with Crippen LogP contribution in [0.25, 0.3) is 0 Å². The van der Waals surface area contributed by atoms with Crippen LogP contribution in [0.15, 0.2) is 30.3 Å². The number of hydrogen-bond donors (Lipinski definition) is 2. The Kier molecular flexibility index (Phi) is 3.35. The minimum Gasteiger partial charge on any atom is -0.481 e. The maximum Gasteiger partial charge on any atom is 0.317 e. The van der Waals surface area contributed by atoms with Crippen molar-refractivity contribution in [1.29, 1.82) is 0 Å². The Labute approximate surface area is 123 Å². The van der Waals surface area contributed by atoms with Crippen molar-refractivity contribution < 1.29 is 14.7 Å². The number of hydrogen-bond acceptors (Lipinski definition) is 2. The first-order valence-corrected chi connectivity index (χ1v) is 7.33. The Morgan fingerprint density at radius 3 is 2.67 bits per heavy atom. The van der Waals surface area contributed by atoms with Crippen molar-refractivity contribution in [1.82, 2.24) is 10.2 Å². The third-order valence-corrected chi connectivity index (χ3v) is 4.60. The van der Waals surface area contributed by atoms with E-state index in [1.54, 1.807) is 11.8 Å². The minimum absolute atomic E-state index is 0.136. The number of carbonyl (C=O) groups is 2. The molecule has 2 aliphatic rings. The molecule has 3 atom stereocenters. The second-order valence-corrected chi connectivity index (χ2v) is 6.35. The lowest BCUT2D eigenvalue weighted by Crippen LogP contribution is -2.42. The largest absolute Gasteiger partial charge is 0.481 e. The zero-order valence-electron chi connectivity index (χ0n) is 12.1. The summed E-state index contributed by atoms with van der Waals surface area (Å²) in [5.41, 5.74) is 0.444. The lowest BCUT2D eigenvalue weighted by Gasteiger charge is -2.20. The van der Waals surface area contributed by atoms with E-state index < -0.39 is 11.4 Å². The van der Waals surface area contributed by atoms with Gasteiger partial charge in [-0.05, 0) is 25.3 Å². The number of carboxylic acids is 1. The monoisotopic (exact) mass is 288 g/mol. The topological polar surface area (TPSA) is 69.6 Å². The van der Waals surface area contributed by atoms with Gasteiger partial charge in [0.25, 0.3) is 0 Å². The third kappa shape index (κ3) is 2.73. The second kappa shape index (κ2) is 5.06. The fraction of sp³-hybridized carbons (Fsp3) is 0.500. The Morgan fingerprint density at radius 1 is 1.33 bits per heavy atom. The summed E-state index contributed by atoms with van der Waals surface area (Å²) in [6.07, 6.45) is 1.47. The summed E-state index contributed by atoms with van der Waals surface area (Å²) < 4.78 is 0. The van der Waals surface area contributed by atoms with E-state index in [0.29, 0.717) is 18.9 Å². The third-order valence-electron chi connectivity index (χ3n) is 4.60. The normalized spacial score (nSPS) is 31.0. The highest BCUT2D eigenvalue weighted by Crippen LogP contribution is 2.41. The van der Waals surface area contributed by atoms with Gasteiger partial charge in [0.05, 0.1) is 5.41 Å². The average molecular weight is 288 g/mol. The summed E-state index contributed by atoms with van der Waals surface area (Å²) in [5.74, 6) is -0.435. The first-order valence-electron chi connectivity index (χ1n) is 7.33. The highest BCUT2D eigenvalue weighted by Gasteiger charge is 2.44. The minimum atomic E-state index is -0.827. The van der Waals surface area contributed by atoms with E-state index >= 15 is 0 Å². The van der Waals surface area contributed by atoms with E-state index in [1.807, 2.05) is 18.2 Å². The molecule has 2 N–H and O–H groups in total. The number of nitrogens with one attached hydrogen (secondary N) is 1. The summed E-state index contributed by atoms with van der Waals surface area (Å²) in [6, 6.07) is 10.2. The van der Waals surface area contributed by atoms with Gasteiger partial charge in [0.2, 0.25) is 0 Å². The Balaban J connectivity index is 1.54. The van der Waals surface area contributed by atoms with Crippen molar-refractivity contribution in [2.75, 3.05) is 13.1 Å². The fourth-order valence-corrected chi connectivity index (χ4v) is 2.98. The molecular formula is C16H20N2O3. The van der Waals surface area contributed by atoms with Crippen LogP contribution in [0, 0.1) is 5.41 Å². The van der Waals surface area contributed by atoms with Crippen molar-refractivity contribution in [3.63, 3.8) is 0 Å². The zero-order chi connectivity index (χ0) is 15.0. The predicted octanol–water partition coefficient (Wildman–Crippen LogP) is 2.05. The van der Waals surface area contributed by atoms with Gasteiger partial charge >= 0.3 is 12.0 Å². The van der Waals surface area contributed by atoms with E-state index in [1.165, 1.54) is 5.56 Å². The van der Waals surface area contributed by atoms with Gasteiger partial charge in [-0.3, -0.25) is 4.79 Å². The first kappa shape index (κ1) is 13.9. The van der Waals surface area contributed by atoms with Crippen LogP contribution >= 0.6 is 0 Å². The number of nitrogens with zero attached hydrogens (tertiary/aromatic N) is 1. The molecule has 1 aromatic carbocycles.